The van der Waals surface area contributed by atoms with Crippen LogP contribution in [-0.4, -0.2) is 40.2 Å². The number of hydrogen-bond acceptors (Lipinski definition) is 4. The molecule has 0 saturated heterocycles. The van der Waals surface area contributed by atoms with E-state index in [4.69, 9.17) is 0 Å². The van der Waals surface area contributed by atoms with Gasteiger partial charge in [0.1, 0.15) is 5.69 Å². The minimum Gasteiger partial charge on any atom is -0.383 e. The first kappa shape index (κ1) is 14.0. The molecule has 1 aliphatic rings. The van der Waals surface area contributed by atoms with Gasteiger partial charge >= 0.3 is 0 Å². The predicted octanol–water partition coefficient (Wildman–Crippen LogP) is 3.00. The topological polar surface area (TPSA) is 56.8 Å². The second-order valence-corrected chi connectivity index (χ2v) is 5.90. The lowest BCUT2D eigenvalue weighted by atomic mass is 10.0. The number of hydrogen-bond donors (Lipinski definition) is 2. The van der Waals surface area contributed by atoms with Crippen LogP contribution in [0.1, 0.15) is 5.56 Å². The lowest BCUT2D eigenvalue weighted by Gasteiger charge is -2.13. The van der Waals surface area contributed by atoms with Crippen LogP contribution in [0.15, 0.2) is 48.8 Å². The van der Waals surface area contributed by atoms with Crippen molar-refractivity contribution in [2.24, 2.45) is 0 Å². The van der Waals surface area contributed by atoms with Gasteiger partial charge in [-0.25, -0.2) is 0 Å². The smallest absolute Gasteiger partial charge is 0.118 e. The summed E-state index contributed by atoms with van der Waals surface area (Å²) >= 11 is 0. The van der Waals surface area contributed by atoms with E-state index in [1.807, 2.05) is 24.4 Å². The van der Waals surface area contributed by atoms with E-state index in [2.05, 4.69) is 50.6 Å². The zero-order chi connectivity index (χ0) is 15.6. The quantitative estimate of drug-likeness (QED) is 0.764. The molecule has 23 heavy (non-hydrogen) atoms. The van der Waals surface area contributed by atoms with E-state index in [1.54, 1.807) is 6.20 Å². The first-order chi connectivity index (χ1) is 11.3. The molecule has 0 aliphatic carbocycles. The fourth-order valence-corrected chi connectivity index (χ4v) is 3.02. The molecule has 0 amide bonds. The Morgan fingerprint density at radius 3 is 3.00 bits per heavy atom. The van der Waals surface area contributed by atoms with Crippen molar-refractivity contribution in [3.63, 3.8) is 0 Å². The molecule has 4 rings (SSSR count). The zero-order valence-corrected chi connectivity index (χ0v) is 13.1. The average molecular weight is 305 g/mol. The van der Waals surface area contributed by atoms with E-state index < -0.39 is 0 Å². The molecule has 1 aromatic carbocycles. The van der Waals surface area contributed by atoms with Gasteiger partial charge in [-0.2, -0.15) is 5.10 Å². The highest BCUT2D eigenvalue weighted by Gasteiger charge is 2.15. The van der Waals surface area contributed by atoms with Gasteiger partial charge < -0.3 is 10.2 Å². The number of aromatic nitrogens is 3. The van der Waals surface area contributed by atoms with Crippen molar-refractivity contribution in [1.82, 2.24) is 20.1 Å². The van der Waals surface area contributed by atoms with Gasteiger partial charge in [-0.3, -0.25) is 10.1 Å². The fraction of sp³-hybridized carbons (Fsp3) is 0.222. The van der Waals surface area contributed by atoms with Crippen molar-refractivity contribution < 1.29 is 0 Å². The molecular formula is C18H19N5. The molecule has 3 heterocycles. The van der Waals surface area contributed by atoms with Crippen LogP contribution < -0.4 is 5.32 Å². The normalized spacial score (nSPS) is 14.8. The van der Waals surface area contributed by atoms with Crippen LogP contribution in [0.2, 0.25) is 0 Å². The van der Waals surface area contributed by atoms with Crippen LogP contribution >= 0.6 is 0 Å². The van der Waals surface area contributed by atoms with Crippen LogP contribution in [-0.2, 0) is 6.54 Å². The summed E-state index contributed by atoms with van der Waals surface area (Å²) in [6.07, 6.45) is 3.74. The first-order valence-electron chi connectivity index (χ1n) is 7.82. The molecule has 2 N–H and O–H groups in total. The van der Waals surface area contributed by atoms with Crippen LogP contribution in [0.5, 0.6) is 0 Å². The fourth-order valence-electron chi connectivity index (χ4n) is 3.02. The third kappa shape index (κ3) is 2.71. The maximum Gasteiger partial charge on any atom is 0.118 e. The Morgan fingerprint density at radius 2 is 2.13 bits per heavy atom. The summed E-state index contributed by atoms with van der Waals surface area (Å²) in [7, 11) is 2.15. The van der Waals surface area contributed by atoms with Crippen molar-refractivity contribution in [1.29, 1.82) is 0 Å². The summed E-state index contributed by atoms with van der Waals surface area (Å²) in [6, 6.07) is 12.4. The predicted molar refractivity (Wildman–Crippen MR) is 92.1 cm³/mol. The highest BCUT2D eigenvalue weighted by molar-refractivity contribution is 5.80. The van der Waals surface area contributed by atoms with Crippen molar-refractivity contribution in [2.75, 3.05) is 25.5 Å². The lowest BCUT2D eigenvalue weighted by molar-refractivity contribution is 0.346. The number of fused-ring (bicyclic) bond motifs is 1. The minimum absolute atomic E-state index is 0.883. The maximum atomic E-state index is 4.42. The Hall–Kier alpha value is -2.66. The number of pyridine rings is 1. The van der Waals surface area contributed by atoms with Gasteiger partial charge in [0.2, 0.25) is 0 Å². The summed E-state index contributed by atoms with van der Waals surface area (Å²) in [4.78, 5) is 6.75. The second-order valence-electron chi connectivity index (χ2n) is 5.90. The van der Waals surface area contributed by atoms with Crippen LogP contribution in [0.3, 0.4) is 0 Å². The van der Waals surface area contributed by atoms with Crippen molar-refractivity contribution >= 4 is 5.69 Å². The molecule has 2 aromatic heterocycles. The standard InChI is InChI=1S/C18H19N5/c1-23-9-8-20-16-6-5-13(10-14(16)12-23)15-11-21-22-18(15)17-4-2-3-7-19-17/h2-7,10-11,20H,8-9,12H2,1H3,(H,21,22). The van der Waals surface area contributed by atoms with Crippen molar-refractivity contribution in [3.8, 4) is 22.5 Å². The number of nitrogens with zero attached hydrogens (tertiary/aromatic N) is 3. The second kappa shape index (κ2) is 5.85. The molecule has 0 bridgehead atoms. The van der Waals surface area contributed by atoms with Gasteiger partial charge in [-0.1, -0.05) is 12.1 Å². The Labute approximate surface area is 135 Å². The molecule has 0 saturated carbocycles. The van der Waals surface area contributed by atoms with Gasteiger partial charge in [0.05, 0.1) is 5.69 Å². The molecule has 0 unspecified atom stereocenters. The molecule has 0 atom stereocenters. The highest BCUT2D eigenvalue weighted by Crippen LogP contribution is 2.32. The average Bonchev–Trinajstić information content (AvgIpc) is 2.99. The van der Waals surface area contributed by atoms with E-state index in [-0.39, 0.29) is 0 Å². The van der Waals surface area contributed by atoms with E-state index in [1.165, 1.54) is 11.3 Å². The molecule has 5 nitrogen and oxygen atoms in total. The van der Waals surface area contributed by atoms with Gasteiger partial charge in [-0.05, 0) is 42.4 Å². The van der Waals surface area contributed by atoms with E-state index in [0.717, 1.165) is 42.1 Å². The monoisotopic (exact) mass is 305 g/mol. The molecule has 116 valence electrons. The minimum atomic E-state index is 0.883. The maximum absolute atomic E-state index is 4.42. The largest absolute Gasteiger partial charge is 0.383 e. The number of aromatic amines is 1. The molecule has 5 heteroatoms. The molecule has 3 aromatic rings. The molecule has 0 fully saturated rings. The molecule has 0 spiro atoms. The third-order valence-electron chi connectivity index (χ3n) is 4.21. The van der Waals surface area contributed by atoms with Crippen molar-refractivity contribution in [2.45, 2.75) is 6.54 Å². The third-order valence-corrected chi connectivity index (χ3v) is 4.21. The zero-order valence-electron chi connectivity index (χ0n) is 13.1. The van der Waals surface area contributed by atoms with Crippen LogP contribution in [0.25, 0.3) is 22.5 Å². The SMILES string of the molecule is CN1CCNc2ccc(-c3c[nH]nc3-c3ccccn3)cc2C1. The number of H-pyrrole nitrogens is 1. The van der Waals surface area contributed by atoms with Gasteiger partial charge in [0, 0.05) is 43.3 Å². The molecular weight excluding hydrogens is 286 g/mol. The lowest BCUT2D eigenvalue weighted by Crippen LogP contribution is -2.20. The van der Waals surface area contributed by atoms with E-state index >= 15 is 0 Å². The number of likely N-dealkylation sites (N-methyl/N-ethyl adjacent to an activating group) is 1. The summed E-state index contributed by atoms with van der Waals surface area (Å²) in [6.45, 7) is 2.98. The Kier molecular flexibility index (Phi) is 3.55. The Bertz CT molecular complexity index is 809. The number of rotatable bonds is 2. The Morgan fingerprint density at radius 1 is 1.17 bits per heavy atom. The van der Waals surface area contributed by atoms with E-state index in [9.17, 15) is 0 Å². The summed E-state index contributed by atoms with van der Waals surface area (Å²) in [5, 5.41) is 10.9. The van der Waals surface area contributed by atoms with Gasteiger partial charge in [-0.15, -0.1) is 0 Å². The summed E-state index contributed by atoms with van der Waals surface area (Å²) in [5.74, 6) is 0. The van der Waals surface area contributed by atoms with E-state index in [0.29, 0.717) is 0 Å². The van der Waals surface area contributed by atoms with Crippen molar-refractivity contribution in [3.05, 3.63) is 54.4 Å². The first-order valence-corrected chi connectivity index (χ1v) is 7.82. The van der Waals surface area contributed by atoms with Gasteiger partial charge in [0.25, 0.3) is 0 Å². The number of benzene rings is 1. The molecule has 0 radical (unpaired) electrons. The van der Waals surface area contributed by atoms with Crippen LogP contribution in [0, 0.1) is 0 Å². The van der Waals surface area contributed by atoms with Crippen LogP contribution in [0.4, 0.5) is 5.69 Å². The number of anilines is 1. The number of nitrogens with one attached hydrogen (secondary N) is 2. The summed E-state index contributed by atoms with van der Waals surface area (Å²) in [5.41, 5.74) is 6.56. The molecule has 1 aliphatic heterocycles. The Balaban J connectivity index is 1.77. The summed E-state index contributed by atoms with van der Waals surface area (Å²) < 4.78 is 0. The highest BCUT2D eigenvalue weighted by atomic mass is 15.1. The van der Waals surface area contributed by atoms with Gasteiger partial charge in [0.15, 0.2) is 0 Å².